The molecule has 0 radical (unpaired) electrons. The minimum Gasteiger partial charge on any atom is -0.381 e. The van der Waals surface area contributed by atoms with Gasteiger partial charge in [-0.1, -0.05) is 45.4 Å². The molecule has 1 unspecified atom stereocenters. The number of hydrogen-bond donors (Lipinski definition) is 1. The summed E-state index contributed by atoms with van der Waals surface area (Å²) in [6.45, 7) is 5.48. The molecule has 0 spiro atoms. The molecule has 1 aliphatic carbocycles. The Labute approximate surface area is 113 Å². The van der Waals surface area contributed by atoms with Gasteiger partial charge in [0.1, 0.15) is 0 Å². The summed E-state index contributed by atoms with van der Waals surface area (Å²) in [7, 11) is 0. The zero-order valence-electron chi connectivity index (χ0n) is 12.2. The fraction of sp³-hybridized carbons (Fsp3) is 1.00. The number of unbranched alkanes of at least 4 members (excludes halogenated alkanes) is 5. The highest BCUT2D eigenvalue weighted by molar-refractivity contribution is 4.89. The third-order valence-corrected chi connectivity index (χ3v) is 4.59. The molecule has 1 saturated carbocycles. The Hall–Kier alpha value is -0.0800. The number of ether oxygens (including phenoxy) is 1. The van der Waals surface area contributed by atoms with E-state index in [1.807, 2.05) is 0 Å². The van der Waals surface area contributed by atoms with E-state index in [4.69, 9.17) is 4.74 Å². The Morgan fingerprint density at radius 1 is 1.11 bits per heavy atom. The number of hydrogen-bond acceptors (Lipinski definition) is 2. The molecule has 106 valence electrons. The van der Waals surface area contributed by atoms with Crippen LogP contribution >= 0.6 is 0 Å². The SMILES string of the molecule is CCCCCCCCC1(CNC2CC2)CCOC1. The molecule has 2 aliphatic rings. The molecular formula is C16H31NO. The second kappa shape index (κ2) is 7.49. The highest BCUT2D eigenvalue weighted by Crippen LogP contribution is 2.35. The standard InChI is InChI=1S/C16H31NO/c1-2-3-4-5-6-7-10-16(11-12-18-14-16)13-17-15-8-9-15/h15,17H,2-14H2,1H3. The normalized spacial score (nSPS) is 27.8. The van der Waals surface area contributed by atoms with Crippen molar-refractivity contribution in [3.05, 3.63) is 0 Å². The molecule has 0 bridgehead atoms. The van der Waals surface area contributed by atoms with Crippen LogP contribution in [0.3, 0.4) is 0 Å². The van der Waals surface area contributed by atoms with Crippen molar-refractivity contribution in [2.75, 3.05) is 19.8 Å². The van der Waals surface area contributed by atoms with Crippen molar-refractivity contribution in [1.82, 2.24) is 5.32 Å². The Morgan fingerprint density at radius 2 is 1.89 bits per heavy atom. The smallest absolute Gasteiger partial charge is 0.0535 e. The topological polar surface area (TPSA) is 21.3 Å². The summed E-state index contributed by atoms with van der Waals surface area (Å²) in [5.41, 5.74) is 0.480. The van der Waals surface area contributed by atoms with Crippen molar-refractivity contribution >= 4 is 0 Å². The first-order valence-electron chi connectivity index (χ1n) is 8.16. The van der Waals surface area contributed by atoms with Crippen LogP contribution in [0.1, 0.15) is 71.1 Å². The second-order valence-electron chi connectivity index (χ2n) is 6.48. The quantitative estimate of drug-likeness (QED) is 0.596. The number of rotatable bonds is 10. The zero-order chi connectivity index (χ0) is 12.7. The lowest BCUT2D eigenvalue weighted by atomic mass is 9.81. The van der Waals surface area contributed by atoms with Crippen molar-refractivity contribution in [1.29, 1.82) is 0 Å². The predicted molar refractivity (Wildman–Crippen MR) is 76.9 cm³/mol. The molecule has 0 amide bonds. The van der Waals surface area contributed by atoms with Gasteiger partial charge in [0, 0.05) is 24.6 Å². The lowest BCUT2D eigenvalue weighted by Crippen LogP contribution is -2.36. The second-order valence-corrected chi connectivity index (χ2v) is 6.48. The van der Waals surface area contributed by atoms with Gasteiger partial charge in [-0.05, 0) is 25.7 Å². The minimum atomic E-state index is 0.480. The molecule has 18 heavy (non-hydrogen) atoms. The van der Waals surface area contributed by atoms with E-state index >= 15 is 0 Å². The maximum atomic E-state index is 5.67. The van der Waals surface area contributed by atoms with Crippen molar-refractivity contribution in [3.8, 4) is 0 Å². The lowest BCUT2D eigenvalue weighted by Gasteiger charge is -2.28. The van der Waals surface area contributed by atoms with Gasteiger partial charge >= 0.3 is 0 Å². The summed E-state index contributed by atoms with van der Waals surface area (Å²) in [5.74, 6) is 0. The Kier molecular flexibility index (Phi) is 5.97. The molecule has 0 aromatic heterocycles. The summed E-state index contributed by atoms with van der Waals surface area (Å²) in [6.07, 6.45) is 13.9. The van der Waals surface area contributed by atoms with E-state index in [2.05, 4.69) is 12.2 Å². The van der Waals surface area contributed by atoms with Crippen LogP contribution in [0.5, 0.6) is 0 Å². The summed E-state index contributed by atoms with van der Waals surface area (Å²) < 4.78 is 5.67. The van der Waals surface area contributed by atoms with Gasteiger partial charge in [-0.3, -0.25) is 0 Å². The van der Waals surface area contributed by atoms with Gasteiger partial charge in [0.2, 0.25) is 0 Å². The monoisotopic (exact) mass is 253 g/mol. The van der Waals surface area contributed by atoms with Gasteiger partial charge in [-0.25, -0.2) is 0 Å². The maximum absolute atomic E-state index is 5.67. The van der Waals surface area contributed by atoms with E-state index in [0.717, 1.165) is 19.3 Å². The molecule has 2 fully saturated rings. The molecule has 2 rings (SSSR count). The molecule has 1 atom stereocenters. The molecule has 1 saturated heterocycles. The summed E-state index contributed by atoms with van der Waals surface area (Å²) >= 11 is 0. The fourth-order valence-electron chi connectivity index (χ4n) is 3.00. The van der Waals surface area contributed by atoms with Crippen LogP contribution < -0.4 is 5.32 Å². The van der Waals surface area contributed by atoms with E-state index in [1.54, 1.807) is 0 Å². The van der Waals surface area contributed by atoms with E-state index < -0.39 is 0 Å². The van der Waals surface area contributed by atoms with Gasteiger partial charge in [0.05, 0.1) is 6.61 Å². The predicted octanol–water partition coefficient (Wildman–Crippen LogP) is 3.90. The maximum Gasteiger partial charge on any atom is 0.0535 e. The van der Waals surface area contributed by atoms with E-state index in [0.29, 0.717) is 5.41 Å². The van der Waals surface area contributed by atoms with Gasteiger partial charge in [-0.15, -0.1) is 0 Å². The molecular weight excluding hydrogens is 222 g/mol. The van der Waals surface area contributed by atoms with Gasteiger partial charge < -0.3 is 10.1 Å². The van der Waals surface area contributed by atoms with Gasteiger partial charge in [0.25, 0.3) is 0 Å². The number of nitrogens with one attached hydrogen (secondary N) is 1. The van der Waals surface area contributed by atoms with E-state index in [9.17, 15) is 0 Å². The van der Waals surface area contributed by atoms with Crippen LogP contribution in [-0.2, 0) is 4.74 Å². The van der Waals surface area contributed by atoms with Crippen molar-refractivity contribution in [2.45, 2.75) is 77.2 Å². The average Bonchev–Trinajstić information content (AvgIpc) is 3.11. The highest BCUT2D eigenvalue weighted by atomic mass is 16.5. The van der Waals surface area contributed by atoms with E-state index in [1.165, 1.54) is 70.8 Å². The summed E-state index contributed by atoms with van der Waals surface area (Å²) in [4.78, 5) is 0. The van der Waals surface area contributed by atoms with Crippen LogP contribution in [0.25, 0.3) is 0 Å². The summed E-state index contributed by atoms with van der Waals surface area (Å²) in [6, 6.07) is 0.840. The van der Waals surface area contributed by atoms with Gasteiger partial charge in [0.15, 0.2) is 0 Å². The molecule has 1 N–H and O–H groups in total. The fourth-order valence-corrected chi connectivity index (χ4v) is 3.00. The lowest BCUT2D eigenvalue weighted by molar-refractivity contribution is 0.141. The third-order valence-electron chi connectivity index (χ3n) is 4.59. The Balaban J connectivity index is 1.59. The van der Waals surface area contributed by atoms with Crippen LogP contribution in [0, 0.1) is 5.41 Å². The summed E-state index contributed by atoms with van der Waals surface area (Å²) in [5, 5.41) is 3.72. The Morgan fingerprint density at radius 3 is 2.56 bits per heavy atom. The largest absolute Gasteiger partial charge is 0.381 e. The highest BCUT2D eigenvalue weighted by Gasteiger charge is 2.35. The van der Waals surface area contributed by atoms with Crippen LogP contribution in [0.15, 0.2) is 0 Å². The van der Waals surface area contributed by atoms with Crippen molar-refractivity contribution in [3.63, 3.8) is 0 Å². The molecule has 1 aliphatic heterocycles. The minimum absolute atomic E-state index is 0.480. The molecule has 0 aromatic carbocycles. The van der Waals surface area contributed by atoms with Gasteiger partial charge in [-0.2, -0.15) is 0 Å². The molecule has 1 heterocycles. The molecule has 2 nitrogen and oxygen atoms in total. The Bertz CT molecular complexity index is 219. The molecule has 2 heteroatoms. The van der Waals surface area contributed by atoms with Crippen LogP contribution in [0.2, 0.25) is 0 Å². The third kappa shape index (κ3) is 4.89. The first-order chi connectivity index (χ1) is 8.85. The van der Waals surface area contributed by atoms with E-state index in [-0.39, 0.29) is 0 Å². The first kappa shape index (κ1) is 14.3. The van der Waals surface area contributed by atoms with Crippen molar-refractivity contribution in [2.24, 2.45) is 5.41 Å². The van der Waals surface area contributed by atoms with Crippen LogP contribution in [0.4, 0.5) is 0 Å². The van der Waals surface area contributed by atoms with Crippen molar-refractivity contribution < 1.29 is 4.74 Å². The first-order valence-corrected chi connectivity index (χ1v) is 8.16. The average molecular weight is 253 g/mol. The molecule has 0 aromatic rings. The zero-order valence-corrected chi connectivity index (χ0v) is 12.2. The van der Waals surface area contributed by atoms with Crippen LogP contribution in [-0.4, -0.2) is 25.8 Å².